The van der Waals surface area contributed by atoms with Gasteiger partial charge >= 0.3 is 13.3 Å². The van der Waals surface area contributed by atoms with E-state index in [1.165, 1.54) is 77.0 Å². The Morgan fingerprint density at radius 1 is 0.806 bits per heavy atom. The normalized spacial score (nSPS) is 14.3. The standard InChI is InChI=1S/C22H45O8P/c1-2-3-4-5-6-7-8-9-10-11-12-13-14-15-16-17-18-28-22(25)31(26,27)30-29-20-21(24)19-23/h21,23-24H,2-20H2,1H3,(H,26,27)/t21-/m1/s1. The van der Waals surface area contributed by atoms with Crippen molar-refractivity contribution in [2.45, 2.75) is 116 Å². The van der Waals surface area contributed by atoms with Gasteiger partial charge in [0, 0.05) is 0 Å². The lowest BCUT2D eigenvalue weighted by molar-refractivity contribution is -0.230. The summed E-state index contributed by atoms with van der Waals surface area (Å²) < 4.78 is 20.4. The summed E-state index contributed by atoms with van der Waals surface area (Å²) in [6, 6.07) is 0. The lowest BCUT2D eigenvalue weighted by atomic mass is 10.0. The number of rotatable bonds is 23. The van der Waals surface area contributed by atoms with Gasteiger partial charge in [-0.25, -0.2) is 14.2 Å². The summed E-state index contributed by atoms with van der Waals surface area (Å²) >= 11 is 0. The molecule has 0 heterocycles. The maximum absolute atomic E-state index is 11.6. The maximum atomic E-state index is 11.6. The predicted molar refractivity (Wildman–Crippen MR) is 121 cm³/mol. The molecule has 31 heavy (non-hydrogen) atoms. The maximum Gasteiger partial charge on any atom is 0.462 e. The van der Waals surface area contributed by atoms with Crippen LogP contribution in [0.15, 0.2) is 0 Å². The Bertz CT molecular complexity index is 461. The largest absolute Gasteiger partial charge is 0.462 e. The number of hydrogen-bond acceptors (Lipinski definition) is 7. The van der Waals surface area contributed by atoms with Crippen molar-refractivity contribution in [3.8, 4) is 0 Å². The average molecular weight is 469 g/mol. The molecule has 0 aliphatic rings. The summed E-state index contributed by atoms with van der Waals surface area (Å²) in [4.78, 5) is 25.2. The van der Waals surface area contributed by atoms with Crippen LogP contribution in [-0.4, -0.2) is 46.7 Å². The fraction of sp³-hybridized carbons (Fsp3) is 0.955. The number of ether oxygens (including phenoxy) is 1. The van der Waals surface area contributed by atoms with Crippen LogP contribution >= 0.6 is 7.60 Å². The first-order valence-electron chi connectivity index (χ1n) is 12.0. The highest BCUT2D eigenvalue weighted by molar-refractivity contribution is 7.70. The molecule has 8 nitrogen and oxygen atoms in total. The second kappa shape index (κ2) is 21.4. The number of carbonyl (C=O) groups is 1. The summed E-state index contributed by atoms with van der Waals surface area (Å²) in [5.41, 5.74) is -1.38. The molecule has 0 aromatic rings. The minimum atomic E-state index is -4.72. The van der Waals surface area contributed by atoms with E-state index in [0.29, 0.717) is 6.42 Å². The van der Waals surface area contributed by atoms with E-state index in [0.717, 1.165) is 19.3 Å². The molecular formula is C22H45O8P. The topological polar surface area (TPSA) is 123 Å². The van der Waals surface area contributed by atoms with Gasteiger partial charge in [-0.15, -0.1) is 4.67 Å². The van der Waals surface area contributed by atoms with Crippen LogP contribution in [0.3, 0.4) is 0 Å². The molecule has 0 aliphatic carbocycles. The van der Waals surface area contributed by atoms with Crippen molar-refractivity contribution >= 4 is 13.3 Å². The van der Waals surface area contributed by atoms with E-state index in [9.17, 15) is 14.3 Å². The minimum absolute atomic E-state index is 0.0461. The summed E-state index contributed by atoms with van der Waals surface area (Å²) in [5.74, 6) is 0. The monoisotopic (exact) mass is 468 g/mol. The average Bonchev–Trinajstić information content (AvgIpc) is 2.75. The molecule has 0 fully saturated rings. The van der Waals surface area contributed by atoms with E-state index in [1.54, 1.807) is 0 Å². The molecule has 0 aromatic carbocycles. The Hall–Kier alpha value is -0.500. The lowest BCUT2D eigenvalue weighted by Gasteiger charge is -2.11. The number of aliphatic hydroxyl groups is 2. The van der Waals surface area contributed by atoms with Gasteiger partial charge in [0.2, 0.25) is 0 Å². The smallest absolute Gasteiger partial charge is 0.457 e. The molecule has 0 saturated heterocycles. The SMILES string of the molecule is CCCCCCCCCCCCCCCCCCOC(=O)P(=O)(O)OOC[C@H](O)CO. The highest BCUT2D eigenvalue weighted by atomic mass is 31.2. The lowest BCUT2D eigenvalue weighted by Crippen LogP contribution is -2.19. The van der Waals surface area contributed by atoms with Crippen molar-refractivity contribution in [1.29, 1.82) is 0 Å². The Labute approximate surface area is 188 Å². The van der Waals surface area contributed by atoms with Crippen molar-refractivity contribution in [2.75, 3.05) is 19.8 Å². The molecule has 0 bridgehead atoms. The Morgan fingerprint density at radius 2 is 1.23 bits per heavy atom. The first-order chi connectivity index (χ1) is 14.9. The van der Waals surface area contributed by atoms with Crippen LogP contribution in [0.1, 0.15) is 110 Å². The molecule has 0 rings (SSSR count). The van der Waals surface area contributed by atoms with Crippen LogP contribution < -0.4 is 0 Å². The Balaban J connectivity index is 3.40. The van der Waals surface area contributed by atoms with Crippen LogP contribution in [0.25, 0.3) is 0 Å². The fourth-order valence-corrected chi connectivity index (χ4v) is 3.67. The second-order valence-electron chi connectivity index (χ2n) is 8.13. The van der Waals surface area contributed by atoms with E-state index in [2.05, 4.69) is 16.5 Å². The van der Waals surface area contributed by atoms with Crippen LogP contribution in [-0.2, 0) is 18.9 Å². The van der Waals surface area contributed by atoms with Gasteiger partial charge in [0.25, 0.3) is 0 Å². The number of unbranched alkanes of at least 4 members (excludes halogenated alkanes) is 15. The molecule has 2 atom stereocenters. The first-order valence-corrected chi connectivity index (χ1v) is 13.6. The van der Waals surface area contributed by atoms with Gasteiger partial charge in [0.05, 0.1) is 13.2 Å². The molecular weight excluding hydrogens is 423 g/mol. The molecule has 186 valence electrons. The van der Waals surface area contributed by atoms with Gasteiger partial charge < -0.3 is 19.8 Å². The number of carbonyl (C=O) groups excluding carboxylic acids is 1. The van der Waals surface area contributed by atoms with Gasteiger partial charge in [-0.05, 0) is 6.42 Å². The molecule has 0 aromatic heterocycles. The van der Waals surface area contributed by atoms with Gasteiger partial charge in [-0.2, -0.15) is 0 Å². The molecule has 9 heteroatoms. The zero-order valence-electron chi connectivity index (χ0n) is 19.3. The second-order valence-corrected chi connectivity index (χ2v) is 9.69. The fourth-order valence-electron chi connectivity index (χ4n) is 3.15. The van der Waals surface area contributed by atoms with Crippen molar-refractivity contribution in [2.24, 2.45) is 0 Å². The summed E-state index contributed by atoms with van der Waals surface area (Å²) in [7, 11) is -4.72. The Morgan fingerprint density at radius 3 is 1.65 bits per heavy atom. The number of aliphatic hydroxyl groups excluding tert-OH is 2. The third-order valence-corrected chi connectivity index (χ3v) is 5.98. The molecule has 0 radical (unpaired) electrons. The van der Waals surface area contributed by atoms with Crippen LogP contribution in [0.2, 0.25) is 0 Å². The van der Waals surface area contributed by atoms with Gasteiger partial charge in [-0.3, -0.25) is 0 Å². The molecule has 0 aliphatic heterocycles. The molecule has 0 amide bonds. The molecule has 0 saturated carbocycles. The molecule has 0 spiro atoms. The van der Waals surface area contributed by atoms with Crippen LogP contribution in [0, 0.1) is 0 Å². The third-order valence-electron chi connectivity index (χ3n) is 5.08. The van der Waals surface area contributed by atoms with Gasteiger partial charge in [0.15, 0.2) is 0 Å². The zero-order valence-corrected chi connectivity index (χ0v) is 20.2. The highest BCUT2D eigenvalue weighted by Gasteiger charge is 2.34. The van der Waals surface area contributed by atoms with Crippen molar-refractivity contribution < 1.29 is 38.8 Å². The third kappa shape index (κ3) is 19.9. The van der Waals surface area contributed by atoms with Crippen LogP contribution in [0.4, 0.5) is 4.79 Å². The van der Waals surface area contributed by atoms with E-state index < -0.39 is 32.6 Å². The van der Waals surface area contributed by atoms with Crippen molar-refractivity contribution in [3.05, 3.63) is 0 Å². The summed E-state index contributed by atoms with van der Waals surface area (Å²) in [5, 5.41) is 17.6. The predicted octanol–water partition coefficient (Wildman–Crippen LogP) is 5.87. The van der Waals surface area contributed by atoms with Gasteiger partial charge in [0.1, 0.15) is 12.7 Å². The van der Waals surface area contributed by atoms with Crippen molar-refractivity contribution in [3.63, 3.8) is 0 Å². The molecule has 1 unspecified atom stereocenters. The minimum Gasteiger partial charge on any atom is -0.457 e. The highest BCUT2D eigenvalue weighted by Crippen LogP contribution is 2.44. The van der Waals surface area contributed by atoms with Crippen molar-refractivity contribution in [1.82, 2.24) is 0 Å². The van der Waals surface area contributed by atoms with Crippen LogP contribution in [0.5, 0.6) is 0 Å². The van der Waals surface area contributed by atoms with E-state index in [-0.39, 0.29) is 6.61 Å². The first kappa shape index (κ1) is 30.5. The quantitative estimate of drug-likeness (QED) is 0.0736. The molecule has 3 N–H and O–H groups in total. The number of hydrogen-bond donors (Lipinski definition) is 3. The summed E-state index contributed by atoms with van der Waals surface area (Å²) in [6.45, 7) is 1.17. The van der Waals surface area contributed by atoms with E-state index in [4.69, 9.17) is 14.9 Å². The van der Waals surface area contributed by atoms with E-state index in [1.807, 2.05) is 0 Å². The zero-order chi connectivity index (χ0) is 23.2. The Kier molecular flexibility index (Phi) is 21.0. The summed E-state index contributed by atoms with van der Waals surface area (Å²) in [6.07, 6.45) is 18.5. The van der Waals surface area contributed by atoms with Gasteiger partial charge in [-0.1, -0.05) is 103 Å². The van der Waals surface area contributed by atoms with E-state index >= 15 is 0 Å².